The molecule has 29 heavy (non-hydrogen) atoms. The third-order valence-electron chi connectivity index (χ3n) is 4.75. The fraction of sp³-hybridized carbons (Fsp3) is 0.350. The summed E-state index contributed by atoms with van der Waals surface area (Å²) >= 11 is 0. The standard InChI is InChI=1S/C20H24N4O4S/c1-6-13(3)23-29(26,27)18-11-16(8-7-12(18)2)17-9-10-19(25)24(21-17)20-14(4)22-28-15(20)5/h7-11,13,23H,6H2,1-5H3. The van der Waals surface area contributed by atoms with Crippen LogP contribution in [0.15, 0.2) is 44.5 Å². The van der Waals surface area contributed by atoms with Gasteiger partial charge in [0.1, 0.15) is 11.4 Å². The molecular weight excluding hydrogens is 392 g/mol. The highest BCUT2D eigenvalue weighted by atomic mass is 32.2. The van der Waals surface area contributed by atoms with Gasteiger partial charge in [-0.2, -0.15) is 9.78 Å². The molecule has 3 rings (SSSR count). The van der Waals surface area contributed by atoms with Crippen LogP contribution in [0.25, 0.3) is 16.9 Å². The first-order valence-electron chi connectivity index (χ1n) is 9.31. The Balaban J connectivity index is 2.11. The fourth-order valence-electron chi connectivity index (χ4n) is 2.97. The van der Waals surface area contributed by atoms with E-state index in [4.69, 9.17) is 4.52 Å². The molecule has 1 aromatic carbocycles. The quantitative estimate of drug-likeness (QED) is 0.662. The summed E-state index contributed by atoms with van der Waals surface area (Å²) in [7, 11) is -3.68. The van der Waals surface area contributed by atoms with E-state index in [0.29, 0.717) is 40.4 Å². The normalized spacial score (nSPS) is 12.9. The van der Waals surface area contributed by atoms with Gasteiger partial charge in [0, 0.05) is 17.7 Å². The number of hydrogen-bond donors (Lipinski definition) is 1. The van der Waals surface area contributed by atoms with Gasteiger partial charge in [-0.3, -0.25) is 4.79 Å². The molecule has 0 aliphatic heterocycles. The first-order chi connectivity index (χ1) is 13.6. The SMILES string of the molecule is CCC(C)NS(=O)(=O)c1cc(-c2ccc(=O)n(-c3c(C)noc3C)n2)ccc1C. The Morgan fingerprint density at radius 3 is 2.52 bits per heavy atom. The van der Waals surface area contributed by atoms with E-state index in [1.54, 1.807) is 45.0 Å². The van der Waals surface area contributed by atoms with Crippen molar-refractivity contribution in [3.63, 3.8) is 0 Å². The summed E-state index contributed by atoms with van der Waals surface area (Å²) in [6.45, 7) is 8.90. The number of rotatable bonds is 6. The van der Waals surface area contributed by atoms with Crippen molar-refractivity contribution in [2.75, 3.05) is 0 Å². The van der Waals surface area contributed by atoms with E-state index >= 15 is 0 Å². The molecule has 0 radical (unpaired) electrons. The van der Waals surface area contributed by atoms with Gasteiger partial charge < -0.3 is 4.52 Å². The lowest BCUT2D eigenvalue weighted by Gasteiger charge is -2.15. The molecule has 1 unspecified atom stereocenters. The number of sulfonamides is 1. The molecule has 0 amide bonds. The maximum Gasteiger partial charge on any atom is 0.271 e. The molecule has 0 aliphatic carbocycles. The van der Waals surface area contributed by atoms with Crippen LogP contribution in [0.5, 0.6) is 0 Å². The number of aryl methyl sites for hydroxylation is 3. The van der Waals surface area contributed by atoms with Gasteiger partial charge in [-0.1, -0.05) is 24.2 Å². The van der Waals surface area contributed by atoms with E-state index < -0.39 is 10.0 Å². The molecule has 2 heterocycles. The van der Waals surface area contributed by atoms with E-state index in [0.717, 1.165) is 0 Å². The van der Waals surface area contributed by atoms with E-state index in [-0.39, 0.29) is 16.5 Å². The van der Waals surface area contributed by atoms with Gasteiger partial charge in [0.15, 0.2) is 5.76 Å². The summed E-state index contributed by atoms with van der Waals surface area (Å²) < 4.78 is 34.6. The minimum Gasteiger partial charge on any atom is -0.359 e. The average molecular weight is 417 g/mol. The number of nitrogens with zero attached hydrogens (tertiary/aromatic N) is 3. The minimum absolute atomic E-state index is 0.178. The van der Waals surface area contributed by atoms with Crippen LogP contribution in [0.4, 0.5) is 0 Å². The molecule has 2 aromatic heterocycles. The molecule has 8 nitrogen and oxygen atoms in total. The zero-order valence-corrected chi connectivity index (χ0v) is 17.9. The third-order valence-corrected chi connectivity index (χ3v) is 6.48. The number of hydrogen-bond acceptors (Lipinski definition) is 6. The molecule has 0 spiro atoms. The molecule has 0 saturated carbocycles. The lowest BCUT2D eigenvalue weighted by atomic mass is 10.1. The zero-order chi connectivity index (χ0) is 21.3. The van der Waals surface area contributed by atoms with Gasteiger partial charge in [-0.25, -0.2) is 13.1 Å². The zero-order valence-electron chi connectivity index (χ0n) is 17.1. The predicted molar refractivity (Wildman–Crippen MR) is 110 cm³/mol. The van der Waals surface area contributed by atoms with Crippen LogP contribution in [-0.2, 0) is 10.0 Å². The Bertz CT molecular complexity index is 1190. The van der Waals surface area contributed by atoms with E-state index in [1.165, 1.54) is 10.7 Å². The van der Waals surface area contributed by atoms with Gasteiger partial charge in [-0.05, 0) is 51.8 Å². The maximum atomic E-state index is 12.8. The fourth-order valence-corrected chi connectivity index (χ4v) is 4.56. The molecule has 1 atom stereocenters. The Hall–Kier alpha value is -2.78. The number of aromatic nitrogens is 3. The van der Waals surface area contributed by atoms with Crippen molar-refractivity contribution in [1.82, 2.24) is 19.7 Å². The Labute approximate surface area is 169 Å². The third kappa shape index (κ3) is 4.15. The highest BCUT2D eigenvalue weighted by molar-refractivity contribution is 7.89. The minimum atomic E-state index is -3.68. The van der Waals surface area contributed by atoms with Crippen LogP contribution < -0.4 is 10.3 Å². The van der Waals surface area contributed by atoms with Gasteiger partial charge in [0.05, 0.1) is 10.6 Å². The average Bonchev–Trinajstić information content (AvgIpc) is 3.00. The molecular formula is C20H24N4O4S. The first kappa shape index (κ1) is 20.9. The lowest BCUT2D eigenvalue weighted by Crippen LogP contribution is -2.32. The summed E-state index contributed by atoms with van der Waals surface area (Å²) in [5.74, 6) is 0.471. The summed E-state index contributed by atoms with van der Waals surface area (Å²) in [5.41, 5.74) is 2.37. The number of benzene rings is 1. The van der Waals surface area contributed by atoms with Crippen LogP contribution in [0, 0.1) is 20.8 Å². The summed E-state index contributed by atoms with van der Waals surface area (Å²) in [6, 6.07) is 7.86. The van der Waals surface area contributed by atoms with Gasteiger partial charge in [-0.15, -0.1) is 0 Å². The van der Waals surface area contributed by atoms with Crippen LogP contribution in [0.3, 0.4) is 0 Å². The van der Waals surface area contributed by atoms with E-state index in [2.05, 4.69) is 15.0 Å². The monoisotopic (exact) mass is 416 g/mol. The molecule has 3 aromatic rings. The Morgan fingerprint density at radius 1 is 1.17 bits per heavy atom. The van der Waals surface area contributed by atoms with E-state index in [9.17, 15) is 13.2 Å². The first-order valence-corrected chi connectivity index (χ1v) is 10.8. The predicted octanol–water partition coefficient (Wildman–Crippen LogP) is 2.89. The second-order valence-electron chi connectivity index (χ2n) is 7.05. The molecule has 0 saturated heterocycles. The van der Waals surface area contributed by atoms with Crippen molar-refractivity contribution < 1.29 is 12.9 Å². The summed E-state index contributed by atoms with van der Waals surface area (Å²) in [6.07, 6.45) is 0.682. The van der Waals surface area contributed by atoms with Gasteiger partial charge >= 0.3 is 0 Å². The largest absolute Gasteiger partial charge is 0.359 e. The van der Waals surface area contributed by atoms with E-state index in [1.807, 2.05) is 13.8 Å². The topological polar surface area (TPSA) is 107 Å². The second-order valence-corrected chi connectivity index (χ2v) is 8.73. The lowest BCUT2D eigenvalue weighted by molar-refractivity contribution is 0.392. The molecule has 0 fully saturated rings. The molecule has 0 bridgehead atoms. The highest BCUT2D eigenvalue weighted by Gasteiger charge is 2.21. The second kappa shape index (κ2) is 7.92. The Kier molecular flexibility index (Phi) is 5.72. The van der Waals surface area contributed by atoms with Crippen molar-refractivity contribution in [2.24, 2.45) is 0 Å². The molecule has 154 valence electrons. The highest BCUT2D eigenvalue weighted by Crippen LogP contribution is 2.24. The maximum absolute atomic E-state index is 12.8. The van der Waals surface area contributed by atoms with Crippen LogP contribution in [0.2, 0.25) is 0 Å². The number of nitrogens with one attached hydrogen (secondary N) is 1. The van der Waals surface area contributed by atoms with Crippen molar-refractivity contribution >= 4 is 10.0 Å². The van der Waals surface area contributed by atoms with Crippen LogP contribution >= 0.6 is 0 Å². The van der Waals surface area contributed by atoms with Crippen molar-refractivity contribution in [3.05, 3.63) is 57.7 Å². The molecule has 9 heteroatoms. The van der Waals surface area contributed by atoms with Crippen molar-refractivity contribution in [1.29, 1.82) is 0 Å². The van der Waals surface area contributed by atoms with Crippen molar-refractivity contribution in [2.45, 2.75) is 52.0 Å². The molecule has 1 N–H and O–H groups in total. The van der Waals surface area contributed by atoms with Gasteiger partial charge in [0.25, 0.3) is 5.56 Å². The van der Waals surface area contributed by atoms with Gasteiger partial charge in [0.2, 0.25) is 10.0 Å². The van der Waals surface area contributed by atoms with Crippen LogP contribution in [-0.4, -0.2) is 29.4 Å². The van der Waals surface area contributed by atoms with Crippen LogP contribution in [0.1, 0.15) is 37.3 Å². The summed E-state index contributed by atoms with van der Waals surface area (Å²) in [5, 5.41) is 8.29. The molecule has 0 aliphatic rings. The smallest absolute Gasteiger partial charge is 0.271 e. The summed E-state index contributed by atoms with van der Waals surface area (Å²) in [4.78, 5) is 12.6. The van der Waals surface area contributed by atoms with Crippen molar-refractivity contribution in [3.8, 4) is 16.9 Å². The Morgan fingerprint density at radius 2 is 1.90 bits per heavy atom.